The van der Waals surface area contributed by atoms with E-state index in [9.17, 15) is 19.2 Å². The third-order valence-electron chi connectivity index (χ3n) is 6.61. The molecule has 3 aliphatic rings. The highest BCUT2D eigenvalue weighted by Crippen LogP contribution is 2.48. The summed E-state index contributed by atoms with van der Waals surface area (Å²) in [5, 5.41) is 0.528. The van der Waals surface area contributed by atoms with Crippen LogP contribution in [0, 0.1) is 11.8 Å². The summed E-state index contributed by atoms with van der Waals surface area (Å²) >= 11 is 5.97. The molecule has 5 rings (SSSR count). The molecule has 0 saturated carbocycles. The van der Waals surface area contributed by atoms with Crippen molar-refractivity contribution >= 4 is 40.9 Å². The zero-order chi connectivity index (χ0) is 22.6. The number of carbonyl (C=O) groups excluding carboxylic acids is 4. The van der Waals surface area contributed by atoms with E-state index in [0.29, 0.717) is 28.6 Å². The van der Waals surface area contributed by atoms with Crippen LogP contribution in [0.1, 0.15) is 30.1 Å². The molecule has 0 radical (unpaired) electrons. The van der Waals surface area contributed by atoms with Crippen molar-refractivity contribution < 1.29 is 23.9 Å². The van der Waals surface area contributed by atoms with E-state index in [1.807, 2.05) is 4.90 Å². The lowest BCUT2D eigenvalue weighted by molar-refractivity contribution is -0.132. The summed E-state index contributed by atoms with van der Waals surface area (Å²) in [6.07, 6.45) is 1.67. The van der Waals surface area contributed by atoms with Crippen molar-refractivity contribution in [1.29, 1.82) is 0 Å². The molecule has 2 aromatic carbocycles. The predicted octanol–water partition coefficient (Wildman–Crippen LogP) is 3.10. The van der Waals surface area contributed by atoms with Crippen LogP contribution in [-0.4, -0.2) is 47.1 Å². The topological polar surface area (TPSA) is 84.0 Å². The van der Waals surface area contributed by atoms with E-state index in [0.717, 1.165) is 12.8 Å². The first-order valence-corrected chi connectivity index (χ1v) is 11.0. The molecule has 7 nitrogen and oxygen atoms in total. The van der Waals surface area contributed by atoms with Crippen molar-refractivity contribution in [2.45, 2.75) is 31.8 Å². The van der Waals surface area contributed by atoms with Gasteiger partial charge in [0.15, 0.2) is 5.78 Å². The highest BCUT2D eigenvalue weighted by atomic mass is 35.5. The number of amides is 2. The number of Topliss-reactive ketones (excluding diaryl/α,β-unsaturated/α-hetero) is 1. The summed E-state index contributed by atoms with van der Waals surface area (Å²) in [6.45, 7) is 1.99. The maximum Gasteiger partial charge on any atom is 0.308 e. The monoisotopic (exact) mass is 452 g/mol. The minimum Gasteiger partial charge on any atom is -0.427 e. The number of ether oxygens (including phenoxy) is 1. The second-order valence-corrected chi connectivity index (χ2v) is 8.85. The fourth-order valence-electron chi connectivity index (χ4n) is 5.38. The van der Waals surface area contributed by atoms with Gasteiger partial charge in [-0.05, 0) is 67.9 Å². The molecule has 0 unspecified atom stereocenters. The van der Waals surface area contributed by atoms with E-state index in [1.165, 1.54) is 11.8 Å². The van der Waals surface area contributed by atoms with Gasteiger partial charge >= 0.3 is 5.97 Å². The third kappa shape index (κ3) is 3.24. The van der Waals surface area contributed by atoms with E-state index in [-0.39, 0.29) is 23.6 Å². The number of ketones is 1. The van der Waals surface area contributed by atoms with Crippen LogP contribution in [0.5, 0.6) is 5.75 Å². The Morgan fingerprint density at radius 3 is 2.28 bits per heavy atom. The van der Waals surface area contributed by atoms with Gasteiger partial charge in [-0.15, -0.1) is 0 Å². The Kier molecular flexibility index (Phi) is 5.10. The fourth-order valence-corrected chi connectivity index (χ4v) is 5.51. The second-order valence-electron chi connectivity index (χ2n) is 8.41. The predicted molar refractivity (Wildman–Crippen MR) is 117 cm³/mol. The van der Waals surface area contributed by atoms with Crippen LogP contribution in [0.15, 0.2) is 48.5 Å². The number of nitrogens with zero attached hydrogens (tertiary/aromatic N) is 2. The number of carbonyl (C=O) groups is 4. The molecule has 2 amide bonds. The van der Waals surface area contributed by atoms with Crippen molar-refractivity contribution in [3.8, 4) is 5.75 Å². The van der Waals surface area contributed by atoms with E-state index in [2.05, 4.69) is 0 Å². The van der Waals surface area contributed by atoms with Crippen molar-refractivity contribution in [1.82, 2.24) is 4.90 Å². The van der Waals surface area contributed by atoms with Gasteiger partial charge in [-0.25, -0.2) is 4.90 Å². The molecule has 3 fully saturated rings. The van der Waals surface area contributed by atoms with E-state index in [4.69, 9.17) is 16.3 Å². The molecule has 164 valence electrons. The first kappa shape index (κ1) is 20.8. The Hall–Kier alpha value is -3.03. The average Bonchev–Trinajstić information content (AvgIpc) is 3.41. The first-order valence-electron chi connectivity index (χ1n) is 10.6. The zero-order valence-corrected chi connectivity index (χ0v) is 18.1. The van der Waals surface area contributed by atoms with Crippen molar-refractivity contribution in [3.05, 3.63) is 59.1 Å². The van der Waals surface area contributed by atoms with Gasteiger partial charge in [0.25, 0.3) is 0 Å². The SMILES string of the molecule is CC(=O)Oc1ccc(N2C(=O)[C@H]3[C@H](C2=O)[C@@H](C(=O)c2ccc(Cl)cc2)N2CCC[C@H]32)cc1. The number of benzene rings is 2. The lowest BCUT2D eigenvalue weighted by atomic mass is 9.85. The van der Waals surface area contributed by atoms with Crippen LogP contribution in [0.3, 0.4) is 0 Å². The van der Waals surface area contributed by atoms with Crippen LogP contribution in [-0.2, 0) is 14.4 Å². The Labute approximate surface area is 189 Å². The maximum absolute atomic E-state index is 13.5. The quantitative estimate of drug-likeness (QED) is 0.307. The van der Waals surface area contributed by atoms with Crippen molar-refractivity contribution in [2.24, 2.45) is 11.8 Å². The third-order valence-corrected chi connectivity index (χ3v) is 6.86. The molecule has 0 spiro atoms. The van der Waals surface area contributed by atoms with Crippen LogP contribution in [0.25, 0.3) is 0 Å². The average molecular weight is 453 g/mol. The van der Waals surface area contributed by atoms with Gasteiger partial charge in [-0.3, -0.25) is 24.1 Å². The molecule has 0 aliphatic carbocycles. The lowest BCUT2D eigenvalue weighted by Gasteiger charge is -2.27. The summed E-state index contributed by atoms with van der Waals surface area (Å²) in [4.78, 5) is 54.8. The Morgan fingerprint density at radius 1 is 0.969 bits per heavy atom. The standard InChI is InChI=1S/C24H21ClN2O5/c1-13(28)32-17-10-8-16(9-11-17)27-23(30)19-18-3-2-12-26(18)21(20(19)24(27)31)22(29)14-4-6-15(25)7-5-14/h4-11,18-21H,2-3,12H2,1H3/t18-,19-,20+,21+/m1/s1. The first-order chi connectivity index (χ1) is 15.4. The van der Waals surface area contributed by atoms with E-state index in [1.54, 1.807) is 48.5 Å². The Balaban J connectivity index is 1.48. The number of hydrogen-bond acceptors (Lipinski definition) is 6. The molecule has 4 atom stereocenters. The number of rotatable bonds is 4. The highest BCUT2D eigenvalue weighted by Gasteiger charge is 2.64. The number of esters is 1. The fraction of sp³-hybridized carbons (Fsp3) is 0.333. The molecular formula is C24H21ClN2O5. The van der Waals surface area contributed by atoms with Gasteiger partial charge in [-0.1, -0.05) is 11.6 Å². The van der Waals surface area contributed by atoms with Crippen LogP contribution in [0.2, 0.25) is 5.02 Å². The largest absolute Gasteiger partial charge is 0.427 e. The highest BCUT2D eigenvalue weighted by molar-refractivity contribution is 6.30. The minimum atomic E-state index is -0.718. The molecule has 32 heavy (non-hydrogen) atoms. The molecule has 8 heteroatoms. The van der Waals surface area contributed by atoms with Gasteiger partial charge < -0.3 is 4.74 Å². The van der Waals surface area contributed by atoms with Gasteiger partial charge in [0, 0.05) is 23.6 Å². The minimum absolute atomic E-state index is 0.122. The van der Waals surface area contributed by atoms with E-state index >= 15 is 0 Å². The molecular weight excluding hydrogens is 432 g/mol. The van der Waals surface area contributed by atoms with Crippen molar-refractivity contribution in [3.63, 3.8) is 0 Å². The summed E-state index contributed by atoms with van der Waals surface area (Å²) in [6, 6.07) is 12.1. The van der Waals surface area contributed by atoms with E-state index < -0.39 is 23.8 Å². The molecule has 3 saturated heterocycles. The maximum atomic E-state index is 13.5. The molecule has 3 aliphatic heterocycles. The Morgan fingerprint density at radius 2 is 1.62 bits per heavy atom. The Bertz CT molecular complexity index is 1110. The van der Waals surface area contributed by atoms with Crippen LogP contribution >= 0.6 is 11.6 Å². The molecule has 0 aromatic heterocycles. The van der Waals surface area contributed by atoms with Crippen LogP contribution in [0.4, 0.5) is 5.69 Å². The summed E-state index contributed by atoms with van der Waals surface area (Å²) < 4.78 is 5.03. The number of fused-ring (bicyclic) bond motifs is 3. The van der Waals surface area contributed by atoms with Gasteiger partial charge in [0.1, 0.15) is 5.75 Å². The van der Waals surface area contributed by atoms with Crippen LogP contribution < -0.4 is 9.64 Å². The lowest BCUT2D eigenvalue weighted by Crippen LogP contribution is -2.46. The zero-order valence-electron chi connectivity index (χ0n) is 17.4. The molecule has 0 N–H and O–H groups in total. The smallest absolute Gasteiger partial charge is 0.308 e. The summed E-state index contributed by atoms with van der Waals surface area (Å²) in [5.41, 5.74) is 0.891. The number of hydrogen-bond donors (Lipinski definition) is 0. The molecule has 3 heterocycles. The van der Waals surface area contributed by atoms with Gasteiger partial charge in [-0.2, -0.15) is 0 Å². The summed E-state index contributed by atoms with van der Waals surface area (Å²) in [7, 11) is 0. The van der Waals surface area contributed by atoms with Gasteiger partial charge in [0.05, 0.1) is 23.6 Å². The number of anilines is 1. The van der Waals surface area contributed by atoms with Crippen molar-refractivity contribution in [2.75, 3.05) is 11.4 Å². The molecule has 0 bridgehead atoms. The second kappa shape index (κ2) is 7.83. The number of halogens is 1. The van der Waals surface area contributed by atoms with Gasteiger partial charge in [0.2, 0.25) is 11.8 Å². The molecule has 2 aromatic rings. The normalized spacial score (nSPS) is 26.9. The number of imide groups is 1. The summed E-state index contributed by atoms with van der Waals surface area (Å²) in [5.74, 6) is -2.17.